The molecule has 2 N–H and O–H groups in total. The van der Waals surface area contributed by atoms with Gasteiger partial charge in [-0.05, 0) is 31.4 Å². The molecule has 27 heavy (non-hydrogen) atoms. The number of aryl methyl sites for hydroxylation is 2. The Kier molecular flexibility index (Phi) is 5.66. The number of esters is 1. The highest BCUT2D eigenvalue weighted by molar-refractivity contribution is 7.20. The number of carbonyl (C=O) groups excluding carboxylic acids is 2. The Morgan fingerprint density at radius 2 is 1.96 bits per heavy atom. The van der Waals surface area contributed by atoms with Crippen molar-refractivity contribution in [3.05, 3.63) is 62.5 Å². The predicted molar refractivity (Wildman–Crippen MR) is 103 cm³/mol. The molecule has 7 nitrogen and oxygen atoms in total. The monoisotopic (exact) mass is 385 g/mol. The van der Waals surface area contributed by atoms with Crippen LogP contribution in [0.15, 0.2) is 35.1 Å². The molecule has 0 aliphatic carbocycles. The summed E-state index contributed by atoms with van der Waals surface area (Å²) in [7, 11) is 0. The van der Waals surface area contributed by atoms with Crippen molar-refractivity contribution in [1.82, 2.24) is 15.3 Å². The molecular weight excluding hydrogens is 366 g/mol. The molecule has 3 aromatic rings. The number of rotatable bonds is 6. The van der Waals surface area contributed by atoms with Crippen LogP contribution in [0.2, 0.25) is 0 Å². The number of thiophene rings is 1. The van der Waals surface area contributed by atoms with Crippen LogP contribution in [0, 0.1) is 13.8 Å². The van der Waals surface area contributed by atoms with Crippen molar-refractivity contribution < 1.29 is 14.3 Å². The molecule has 0 atom stereocenters. The minimum absolute atomic E-state index is 0.283. The third kappa shape index (κ3) is 4.40. The highest BCUT2D eigenvalue weighted by Gasteiger charge is 2.20. The Bertz CT molecular complexity index is 1040. The van der Waals surface area contributed by atoms with E-state index in [4.69, 9.17) is 4.74 Å². The van der Waals surface area contributed by atoms with Gasteiger partial charge in [0.05, 0.1) is 5.39 Å². The number of aromatic amines is 1. The summed E-state index contributed by atoms with van der Waals surface area (Å²) in [5.41, 5.74) is 1.34. The maximum absolute atomic E-state index is 12.3. The predicted octanol–water partition coefficient (Wildman–Crippen LogP) is 2.12. The molecule has 0 aliphatic rings. The highest BCUT2D eigenvalue weighted by Crippen LogP contribution is 2.27. The van der Waals surface area contributed by atoms with Gasteiger partial charge in [0.1, 0.15) is 15.5 Å². The van der Waals surface area contributed by atoms with Crippen molar-refractivity contribution in [2.75, 3.05) is 13.2 Å². The zero-order valence-corrected chi connectivity index (χ0v) is 15.8. The minimum Gasteiger partial charge on any atom is -0.451 e. The van der Waals surface area contributed by atoms with Gasteiger partial charge in [-0.2, -0.15) is 0 Å². The number of ether oxygens (including phenoxy) is 1. The standard InChI is InChI=1S/C19H19N3O4S/c1-11-15-17(24)21-12(2)22-18(15)27-16(11)19(25)26-10-14(23)20-9-8-13-6-4-3-5-7-13/h3-7H,8-10H2,1-2H3,(H,20,23)(H,21,22,24). The quantitative estimate of drug-likeness (QED) is 0.633. The van der Waals surface area contributed by atoms with Crippen molar-refractivity contribution in [3.8, 4) is 0 Å². The fourth-order valence-electron chi connectivity index (χ4n) is 2.68. The van der Waals surface area contributed by atoms with Gasteiger partial charge in [0.2, 0.25) is 0 Å². The number of nitrogens with one attached hydrogen (secondary N) is 2. The number of carbonyl (C=O) groups is 2. The zero-order chi connectivity index (χ0) is 19.4. The first kappa shape index (κ1) is 18.8. The summed E-state index contributed by atoms with van der Waals surface area (Å²) in [6, 6.07) is 9.77. The number of hydrogen-bond acceptors (Lipinski definition) is 6. The number of H-pyrrole nitrogens is 1. The average Bonchev–Trinajstić information content (AvgIpc) is 2.97. The summed E-state index contributed by atoms with van der Waals surface area (Å²) in [4.78, 5) is 43.8. The Labute approximate surface area is 159 Å². The number of aromatic nitrogens is 2. The molecule has 2 heterocycles. The Morgan fingerprint density at radius 1 is 1.22 bits per heavy atom. The van der Waals surface area contributed by atoms with E-state index >= 15 is 0 Å². The smallest absolute Gasteiger partial charge is 0.349 e. The molecule has 0 radical (unpaired) electrons. The minimum atomic E-state index is -0.634. The van der Waals surface area contributed by atoms with Gasteiger partial charge in [0.25, 0.3) is 11.5 Å². The first-order valence-electron chi connectivity index (χ1n) is 8.43. The highest BCUT2D eigenvalue weighted by atomic mass is 32.1. The van der Waals surface area contributed by atoms with E-state index in [1.807, 2.05) is 30.3 Å². The Balaban J connectivity index is 1.57. The van der Waals surface area contributed by atoms with Gasteiger partial charge in [-0.15, -0.1) is 11.3 Å². The lowest BCUT2D eigenvalue weighted by Crippen LogP contribution is -2.30. The van der Waals surface area contributed by atoms with E-state index in [9.17, 15) is 14.4 Å². The lowest BCUT2D eigenvalue weighted by molar-refractivity contribution is -0.124. The van der Waals surface area contributed by atoms with Gasteiger partial charge >= 0.3 is 5.97 Å². The van der Waals surface area contributed by atoms with E-state index in [1.165, 1.54) is 0 Å². The van der Waals surface area contributed by atoms with Crippen molar-refractivity contribution in [1.29, 1.82) is 0 Å². The van der Waals surface area contributed by atoms with E-state index in [1.54, 1.807) is 13.8 Å². The maximum Gasteiger partial charge on any atom is 0.349 e. The molecule has 1 amide bonds. The van der Waals surface area contributed by atoms with E-state index < -0.39 is 5.97 Å². The molecule has 1 aromatic carbocycles. The van der Waals surface area contributed by atoms with Gasteiger partial charge in [-0.3, -0.25) is 9.59 Å². The molecule has 0 saturated carbocycles. The lowest BCUT2D eigenvalue weighted by atomic mass is 10.1. The molecule has 0 spiro atoms. The van der Waals surface area contributed by atoms with Gasteiger partial charge < -0.3 is 15.0 Å². The number of nitrogens with zero attached hydrogens (tertiary/aromatic N) is 1. The van der Waals surface area contributed by atoms with Crippen LogP contribution in [0.5, 0.6) is 0 Å². The number of fused-ring (bicyclic) bond motifs is 1. The number of benzene rings is 1. The summed E-state index contributed by atoms with van der Waals surface area (Å²) in [6.45, 7) is 3.43. The molecule has 0 bridgehead atoms. The maximum atomic E-state index is 12.3. The van der Waals surface area contributed by atoms with Gasteiger partial charge in [0.15, 0.2) is 6.61 Å². The Hall–Kier alpha value is -3.00. The third-order valence-corrected chi connectivity index (χ3v) is 5.18. The van der Waals surface area contributed by atoms with Crippen LogP contribution < -0.4 is 10.9 Å². The van der Waals surface area contributed by atoms with Gasteiger partial charge in [-0.1, -0.05) is 30.3 Å². The number of amides is 1. The lowest BCUT2D eigenvalue weighted by Gasteiger charge is -2.06. The first-order valence-corrected chi connectivity index (χ1v) is 9.25. The van der Waals surface area contributed by atoms with Crippen LogP contribution in [0.4, 0.5) is 0 Å². The summed E-state index contributed by atoms with van der Waals surface area (Å²) >= 11 is 1.09. The van der Waals surface area contributed by atoms with Crippen molar-refractivity contribution in [2.45, 2.75) is 20.3 Å². The van der Waals surface area contributed by atoms with E-state index in [0.29, 0.717) is 34.6 Å². The van der Waals surface area contributed by atoms with E-state index in [2.05, 4.69) is 15.3 Å². The summed E-state index contributed by atoms with van der Waals surface area (Å²) in [5.74, 6) is -0.526. The average molecular weight is 385 g/mol. The summed E-state index contributed by atoms with van der Waals surface area (Å²) < 4.78 is 5.09. The Morgan fingerprint density at radius 3 is 2.70 bits per heavy atom. The molecule has 0 unspecified atom stereocenters. The third-order valence-electron chi connectivity index (χ3n) is 4.02. The fraction of sp³-hybridized carbons (Fsp3) is 0.263. The molecule has 0 fully saturated rings. The molecule has 0 saturated heterocycles. The molecule has 140 valence electrons. The van der Waals surface area contributed by atoms with Crippen LogP contribution in [-0.2, 0) is 16.0 Å². The summed E-state index contributed by atoms with van der Waals surface area (Å²) in [5, 5.41) is 3.10. The fourth-order valence-corrected chi connectivity index (χ4v) is 3.81. The van der Waals surface area contributed by atoms with Crippen LogP contribution in [-0.4, -0.2) is 35.0 Å². The second-order valence-corrected chi connectivity index (χ2v) is 7.05. The molecule has 0 aliphatic heterocycles. The molecular formula is C19H19N3O4S. The van der Waals surface area contributed by atoms with Crippen LogP contribution in [0.25, 0.3) is 10.2 Å². The van der Waals surface area contributed by atoms with Gasteiger partial charge in [-0.25, -0.2) is 9.78 Å². The van der Waals surface area contributed by atoms with E-state index in [0.717, 1.165) is 16.9 Å². The second kappa shape index (κ2) is 8.13. The largest absolute Gasteiger partial charge is 0.451 e. The molecule has 2 aromatic heterocycles. The summed E-state index contributed by atoms with van der Waals surface area (Å²) in [6.07, 6.45) is 0.698. The van der Waals surface area contributed by atoms with Crippen LogP contribution in [0.3, 0.4) is 0 Å². The topological polar surface area (TPSA) is 101 Å². The van der Waals surface area contributed by atoms with Crippen molar-refractivity contribution in [2.24, 2.45) is 0 Å². The van der Waals surface area contributed by atoms with Gasteiger partial charge in [0, 0.05) is 6.54 Å². The molecule has 8 heteroatoms. The SMILES string of the molecule is Cc1nc2sc(C(=O)OCC(=O)NCCc3ccccc3)c(C)c2c(=O)[nH]1. The van der Waals surface area contributed by atoms with Crippen LogP contribution >= 0.6 is 11.3 Å². The second-order valence-electron chi connectivity index (χ2n) is 6.05. The van der Waals surface area contributed by atoms with Crippen molar-refractivity contribution >= 4 is 33.4 Å². The van der Waals surface area contributed by atoms with Crippen molar-refractivity contribution in [3.63, 3.8) is 0 Å². The molecule has 3 rings (SSSR count). The zero-order valence-electron chi connectivity index (χ0n) is 15.0. The first-order chi connectivity index (χ1) is 13.0. The van der Waals surface area contributed by atoms with Crippen LogP contribution in [0.1, 0.15) is 26.6 Å². The normalized spacial score (nSPS) is 10.7. The number of hydrogen-bond donors (Lipinski definition) is 2. The van der Waals surface area contributed by atoms with E-state index in [-0.39, 0.29) is 23.0 Å².